The van der Waals surface area contributed by atoms with Crippen LogP contribution >= 0.6 is 0 Å². The maximum Gasteiger partial charge on any atom is 0.232 e. The van der Waals surface area contributed by atoms with Crippen LogP contribution in [0.1, 0.15) is 22.5 Å². The summed E-state index contributed by atoms with van der Waals surface area (Å²) in [5.41, 5.74) is 4.85. The van der Waals surface area contributed by atoms with Gasteiger partial charge in [0.2, 0.25) is 10.0 Å². The molecule has 1 aromatic heterocycles. The smallest absolute Gasteiger partial charge is 0.232 e. The van der Waals surface area contributed by atoms with Crippen LogP contribution in [0.4, 0.5) is 5.69 Å². The summed E-state index contributed by atoms with van der Waals surface area (Å²) >= 11 is 0. The van der Waals surface area contributed by atoms with Gasteiger partial charge in [0.1, 0.15) is 5.82 Å². The van der Waals surface area contributed by atoms with E-state index in [0.29, 0.717) is 17.7 Å². The Balaban J connectivity index is 1.68. The van der Waals surface area contributed by atoms with E-state index in [-0.39, 0.29) is 6.54 Å². The second-order valence-electron chi connectivity index (χ2n) is 7.50. The van der Waals surface area contributed by atoms with Gasteiger partial charge in [-0.05, 0) is 41.5 Å². The van der Waals surface area contributed by atoms with Gasteiger partial charge in [0.25, 0.3) is 0 Å². The first-order valence-electron chi connectivity index (χ1n) is 9.81. The molecule has 156 valence electrons. The molecule has 0 saturated heterocycles. The molecule has 0 bridgehead atoms. The normalized spacial score (nSPS) is 11.4. The standard InChI is InChI=1S/C24H22N4O2S/c1-27-23-13-12-21(28(31(2,29)30)17-20-6-4-3-5-7-20)15-22(23)26-24(27)14-18-8-10-19(16-25)11-9-18/h3-13,15H,14,17H2,1-2H3. The highest BCUT2D eigenvalue weighted by atomic mass is 32.2. The summed E-state index contributed by atoms with van der Waals surface area (Å²) in [5, 5.41) is 8.97. The minimum absolute atomic E-state index is 0.260. The molecule has 0 N–H and O–H groups in total. The van der Waals surface area contributed by atoms with Crippen molar-refractivity contribution in [3.05, 3.63) is 95.3 Å². The van der Waals surface area contributed by atoms with Crippen molar-refractivity contribution in [2.24, 2.45) is 7.05 Å². The van der Waals surface area contributed by atoms with Crippen LogP contribution in [0, 0.1) is 11.3 Å². The first-order chi connectivity index (χ1) is 14.8. The Hall–Kier alpha value is -3.63. The average molecular weight is 431 g/mol. The molecular formula is C24H22N4O2S. The van der Waals surface area contributed by atoms with Crippen LogP contribution in [-0.2, 0) is 30.0 Å². The van der Waals surface area contributed by atoms with Crippen LogP contribution < -0.4 is 4.31 Å². The largest absolute Gasteiger partial charge is 0.331 e. The lowest BCUT2D eigenvalue weighted by atomic mass is 10.1. The molecule has 0 radical (unpaired) electrons. The fourth-order valence-corrected chi connectivity index (χ4v) is 4.46. The van der Waals surface area contributed by atoms with Gasteiger partial charge >= 0.3 is 0 Å². The van der Waals surface area contributed by atoms with Crippen molar-refractivity contribution >= 4 is 26.7 Å². The zero-order chi connectivity index (χ0) is 22.0. The topological polar surface area (TPSA) is 79.0 Å². The van der Waals surface area contributed by atoms with E-state index in [2.05, 4.69) is 6.07 Å². The van der Waals surface area contributed by atoms with Crippen molar-refractivity contribution in [2.75, 3.05) is 10.6 Å². The first kappa shape index (κ1) is 20.6. The van der Waals surface area contributed by atoms with Crippen LogP contribution in [0.3, 0.4) is 0 Å². The Kier molecular flexibility index (Phi) is 5.49. The van der Waals surface area contributed by atoms with E-state index in [0.717, 1.165) is 28.0 Å². The molecule has 31 heavy (non-hydrogen) atoms. The van der Waals surface area contributed by atoms with E-state index in [1.807, 2.05) is 72.3 Å². The predicted octanol–water partition coefficient (Wildman–Crippen LogP) is 4.00. The van der Waals surface area contributed by atoms with Crippen molar-refractivity contribution < 1.29 is 8.42 Å². The van der Waals surface area contributed by atoms with Gasteiger partial charge in [-0.3, -0.25) is 4.31 Å². The van der Waals surface area contributed by atoms with E-state index in [4.69, 9.17) is 10.2 Å². The third kappa shape index (κ3) is 4.44. The number of aryl methyl sites for hydroxylation is 1. The number of fused-ring (bicyclic) bond motifs is 1. The van der Waals surface area contributed by atoms with Gasteiger partial charge in [0, 0.05) is 13.5 Å². The fraction of sp³-hybridized carbons (Fsp3) is 0.167. The molecule has 0 unspecified atom stereocenters. The van der Waals surface area contributed by atoms with Crippen molar-refractivity contribution in [2.45, 2.75) is 13.0 Å². The zero-order valence-electron chi connectivity index (χ0n) is 17.4. The molecule has 0 fully saturated rings. The van der Waals surface area contributed by atoms with Crippen LogP contribution in [0.15, 0.2) is 72.8 Å². The Morgan fingerprint density at radius 2 is 1.71 bits per heavy atom. The van der Waals surface area contributed by atoms with E-state index >= 15 is 0 Å². The molecule has 0 aliphatic carbocycles. The van der Waals surface area contributed by atoms with Gasteiger partial charge in [-0.2, -0.15) is 5.26 Å². The quantitative estimate of drug-likeness (QED) is 0.463. The minimum Gasteiger partial charge on any atom is -0.331 e. The Bertz CT molecular complexity index is 1370. The molecule has 7 heteroatoms. The molecule has 0 amide bonds. The van der Waals surface area contributed by atoms with E-state index < -0.39 is 10.0 Å². The summed E-state index contributed by atoms with van der Waals surface area (Å²) in [6, 6.07) is 24.6. The average Bonchev–Trinajstić information content (AvgIpc) is 3.07. The number of nitriles is 1. The Morgan fingerprint density at radius 3 is 2.35 bits per heavy atom. The molecule has 4 aromatic rings. The van der Waals surface area contributed by atoms with Crippen LogP contribution in [0.25, 0.3) is 11.0 Å². The molecular weight excluding hydrogens is 408 g/mol. The number of hydrogen-bond acceptors (Lipinski definition) is 4. The molecule has 6 nitrogen and oxygen atoms in total. The number of hydrogen-bond donors (Lipinski definition) is 0. The summed E-state index contributed by atoms with van der Waals surface area (Å²) in [4.78, 5) is 4.76. The monoisotopic (exact) mass is 430 g/mol. The number of anilines is 1. The highest BCUT2D eigenvalue weighted by molar-refractivity contribution is 7.92. The van der Waals surface area contributed by atoms with Gasteiger partial charge in [-0.1, -0.05) is 42.5 Å². The molecule has 0 saturated carbocycles. The summed E-state index contributed by atoms with van der Waals surface area (Å²) in [5.74, 6) is 0.867. The lowest BCUT2D eigenvalue weighted by Crippen LogP contribution is -2.29. The number of nitrogens with zero attached hydrogens (tertiary/aromatic N) is 4. The highest BCUT2D eigenvalue weighted by Crippen LogP contribution is 2.26. The number of aromatic nitrogens is 2. The molecule has 0 aliphatic rings. The van der Waals surface area contributed by atoms with Crippen molar-refractivity contribution in [3.8, 4) is 6.07 Å². The van der Waals surface area contributed by atoms with Gasteiger partial charge in [0.15, 0.2) is 0 Å². The molecule has 0 aliphatic heterocycles. The summed E-state index contributed by atoms with van der Waals surface area (Å²) < 4.78 is 28.4. The van der Waals surface area contributed by atoms with Crippen molar-refractivity contribution in [3.63, 3.8) is 0 Å². The summed E-state index contributed by atoms with van der Waals surface area (Å²) in [7, 11) is -1.52. The minimum atomic E-state index is -3.47. The SMILES string of the molecule is Cn1c(Cc2ccc(C#N)cc2)nc2cc(N(Cc3ccccc3)S(C)(=O)=O)ccc21. The fourth-order valence-electron chi connectivity index (χ4n) is 3.58. The molecule has 0 atom stereocenters. The summed E-state index contributed by atoms with van der Waals surface area (Å²) in [6.45, 7) is 0.260. The second-order valence-corrected chi connectivity index (χ2v) is 9.41. The van der Waals surface area contributed by atoms with E-state index in [1.54, 1.807) is 12.1 Å². The van der Waals surface area contributed by atoms with Crippen molar-refractivity contribution in [1.29, 1.82) is 5.26 Å². The molecule has 0 spiro atoms. The molecule has 1 heterocycles. The number of imidazole rings is 1. The zero-order valence-corrected chi connectivity index (χ0v) is 18.2. The van der Waals surface area contributed by atoms with Gasteiger partial charge < -0.3 is 4.57 Å². The number of rotatable bonds is 6. The summed E-state index contributed by atoms with van der Waals surface area (Å²) in [6.07, 6.45) is 1.83. The van der Waals surface area contributed by atoms with Crippen LogP contribution in [0.5, 0.6) is 0 Å². The number of benzene rings is 3. The van der Waals surface area contributed by atoms with Crippen LogP contribution in [-0.4, -0.2) is 24.2 Å². The Morgan fingerprint density at radius 1 is 1.00 bits per heavy atom. The van der Waals surface area contributed by atoms with Gasteiger partial charge in [-0.15, -0.1) is 0 Å². The Labute approximate surface area is 182 Å². The predicted molar refractivity (Wildman–Crippen MR) is 122 cm³/mol. The lowest BCUT2D eigenvalue weighted by molar-refractivity contribution is 0.596. The second kappa shape index (κ2) is 8.25. The van der Waals surface area contributed by atoms with Gasteiger partial charge in [0.05, 0.1) is 41.2 Å². The van der Waals surface area contributed by atoms with Gasteiger partial charge in [-0.25, -0.2) is 13.4 Å². The number of sulfonamides is 1. The first-order valence-corrected chi connectivity index (χ1v) is 11.7. The third-order valence-electron chi connectivity index (χ3n) is 5.26. The van der Waals surface area contributed by atoms with Crippen LogP contribution in [0.2, 0.25) is 0 Å². The maximum absolute atomic E-state index is 12.5. The van der Waals surface area contributed by atoms with E-state index in [1.165, 1.54) is 10.6 Å². The van der Waals surface area contributed by atoms with E-state index in [9.17, 15) is 8.42 Å². The van der Waals surface area contributed by atoms with Crippen molar-refractivity contribution in [1.82, 2.24) is 9.55 Å². The maximum atomic E-state index is 12.5. The lowest BCUT2D eigenvalue weighted by Gasteiger charge is -2.22. The molecule has 4 rings (SSSR count). The molecule has 3 aromatic carbocycles. The third-order valence-corrected chi connectivity index (χ3v) is 6.40. The highest BCUT2D eigenvalue weighted by Gasteiger charge is 2.19.